The lowest BCUT2D eigenvalue weighted by Gasteiger charge is -2.33. The Morgan fingerprint density at radius 1 is 1.25 bits per heavy atom. The van der Waals surface area contributed by atoms with E-state index in [1.807, 2.05) is 32.9 Å². The number of piperidine rings is 1. The molecule has 2 aliphatic heterocycles. The largest absolute Gasteiger partial charge is 0.444 e. The van der Waals surface area contributed by atoms with Gasteiger partial charge in [0.2, 0.25) is 5.91 Å². The van der Waals surface area contributed by atoms with Crippen molar-refractivity contribution in [2.75, 3.05) is 20.1 Å². The third-order valence-electron chi connectivity index (χ3n) is 6.06. The second-order valence-corrected chi connectivity index (χ2v) is 9.47. The highest BCUT2D eigenvalue weighted by molar-refractivity contribution is 6.01. The molecule has 1 unspecified atom stereocenters. The van der Waals surface area contributed by atoms with Gasteiger partial charge in [-0.3, -0.25) is 9.59 Å². The van der Waals surface area contributed by atoms with E-state index in [0.717, 1.165) is 30.3 Å². The number of ether oxygens (including phenoxy) is 1. The Hall–Kier alpha value is -2.90. The smallest absolute Gasteiger partial charge is 0.410 e. The van der Waals surface area contributed by atoms with Gasteiger partial charge >= 0.3 is 6.09 Å². The number of aldehydes is 1. The van der Waals surface area contributed by atoms with E-state index >= 15 is 0 Å². The summed E-state index contributed by atoms with van der Waals surface area (Å²) in [5, 5.41) is 2.60. The van der Waals surface area contributed by atoms with Crippen LogP contribution in [0.1, 0.15) is 73.9 Å². The lowest BCUT2D eigenvalue weighted by Crippen LogP contribution is -2.46. The van der Waals surface area contributed by atoms with E-state index in [-0.39, 0.29) is 24.3 Å². The molecule has 3 amide bonds. The summed E-state index contributed by atoms with van der Waals surface area (Å²) in [5.74, 6) is -0.138. The van der Waals surface area contributed by atoms with Crippen LogP contribution in [0.15, 0.2) is 18.2 Å². The molecule has 0 aromatic heterocycles. The molecule has 8 heteroatoms. The maximum Gasteiger partial charge on any atom is 0.410 e. The van der Waals surface area contributed by atoms with E-state index in [9.17, 15) is 19.2 Å². The number of rotatable bonds is 6. The summed E-state index contributed by atoms with van der Waals surface area (Å²) in [6.45, 7) is 7.20. The molecule has 8 nitrogen and oxygen atoms in total. The zero-order valence-electron chi connectivity index (χ0n) is 19.3. The number of carbonyl (C=O) groups excluding carboxylic acids is 4. The molecule has 174 valence electrons. The molecule has 0 radical (unpaired) electrons. The monoisotopic (exact) mass is 443 g/mol. The minimum Gasteiger partial charge on any atom is -0.444 e. The molecule has 1 fully saturated rings. The van der Waals surface area contributed by atoms with E-state index in [1.54, 1.807) is 9.80 Å². The summed E-state index contributed by atoms with van der Waals surface area (Å²) in [5.41, 5.74) is 2.15. The highest BCUT2D eigenvalue weighted by Gasteiger charge is 2.36. The first-order chi connectivity index (χ1) is 15.1. The Morgan fingerprint density at radius 2 is 1.94 bits per heavy atom. The van der Waals surface area contributed by atoms with Gasteiger partial charge in [-0.2, -0.15) is 0 Å². The van der Waals surface area contributed by atoms with Crippen molar-refractivity contribution in [3.8, 4) is 0 Å². The first-order valence-electron chi connectivity index (χ1n) is 11.2. The van der Waals surface area contributed by atoms with Crippen molar-refractivity contribution >= 4 is 24.2 Å². The maximum atomic E-state index is 12.9. The van der Waals surface area contributed by atoms with Gasteiger partial charge in [-0.25, -0.2) is 4.79 Å². The van der Waals surface area contributed by atoms with Crippen LogP contribution in [0.2, 0.25) is 0 Å². The minimum atomic E-state index is -0.661. The van der Waals surface area contributed by atoms with Gasteiger partial charge in [0, 0.05) is 38.7 Å². The van der Waals surface area contributed by atoms with Crippen LogP contribution in [0.5, 0.6) is 0 Å². The summed E-state index contributed by atoms with van der Waals surface area (Å²) < 4.78 is 5.47. The van der Waals surface area contributed by atoms with Crippen molar-refractivity contribution in [2.24, 2.45) is 0 Å². The molecule has 1 saturated heterocycles. The highest BCUT2D eigenvalue weighted by atomic mass is 16.6. The Balaban J connectivity index is 1.68. The molecule has 0 bridgehead atoms. The lowest BCUT2D eigenvalue weighted by atomic mass is 9.88. The van der Waals surface area contributed by atoms with Gasteiger partial charge in [-0.1, -0.05) is 12.1 Å². The van der Waals surface area contributed by atoms with Crippen LogP contribution in [0, 0.1) is 0 Å². The molecule has 1 atom stereocenters. The van der Waals surface area contributed by atoms with Crippen LogP contribution in [-0.2, 0) is 20.9 Å². The average molecular weight is 444 g/mol. The number of nitrogens with zero attached hydrogens (tertiary/aromatic N) is 2. The van der Waals surface area contributed by atoms with Crippen LogP contribution in [-0.4, -0.2) is 65.8 Å². The zero-order valence-corrected chi connectivity index (χ0v) is 19.3. The summed E-state index contributed by atoms with van der Waals surface area (Å²) in [7, 11) is 1.53. The number of nitrogens with one attached hydrogen (secondary N) is 1. The van der Waals surface area contributed by atoms with E-state index in [2.05, 4.69) is 11.4 Å². The van der Waals surface area contributed by atoms with Crippen LogP contribution >= 0.6 is 0 Å². The van der Waals surface area contributed by atoms with Gasteiger partial charge in [0.05, 0.1) is 0 Å². The highest BCUT2D eigenvalue weighted by Crippen LogP contribution is 2.33. The summed E-state index contributed by atoms with van der Waals surface area (Å²) in [4.78, 5) is 51.7. The molecule has 1 aromatic carbocycles. The third kappa shape index (κ3) is 5.29. The number of likely N-dealkylation sites (tertiary alicyclic amines) is 1. The molecule has 0 saturated carbocycles. The van der Waals surface area contributed by atoms with Crippen LogP contribution in [0.3, 0.4) is 0 Å². The fourth-order valence-electron chi connectivity index (χ4n) is 4.41. The van der Waals surface area contributed by atoms with Crippen molar-refractivity contribution in [1.29, 1.82) is 0 Å². The zero-order chi connectivity index (χ0) is 23.5. The van der Waals surface area contributed by atoms with Gasteiger partial charge in [-0.15, -0.1) is 0 Å². The number of hydrogen-bond acceptors (Lipinski definition) is 5. The number of likely N-dealkylation sites (N-methyl/N-ethyl adjacent to an activating group) is 1. The Morgan fingerprint density at radius 3 is 2.53 bits per heavy atom. The second-order valence-electron chi connectivity index (χ2n) is 9.47. The average Bonchev–Trinajstić information content (AvgIpc) is 3.08. The van der Waals surface area contributed by atoms with Crippen LogP contribution < -0.4 is 5.32 Å². The van der Waals surface area contributed by atoms with Gasteiger partial charge in [-0.05, 0) is 63.1 Å². The number of benzene rings is 1. The van der Waals surface area contributed by atoms with E-state index in [1.165, 1.54) is 7.05 Å². The molecular formula is C24H33N3O5. The molecule has 3 rings (SSSR count). The number of amides is 3. The van der Waals surface area contributed by atoms with Crippen LogP contribution in [0.25, 0.3) is 0 Å². The van der Waals surface area contributed by atoms with Gasteiger partial charge < -0.3 is 24.6 Å². The number of fused-ring (bicyclic) bond motifs is 1. The molecule has 0 spiro atoms. The number of hydrogen-bond donors (Lipinski definition) is 1. The summed E-state index contributed by atoms with van der Waals surface area (Å²) >= 11 is 0. The molecule has 1 N–H and O–H groups in total. The molecule has 32 heavy (non-hydrogen) atoms. The van der Waals surface area contributed by atoms with Gasteiger partial charge in [0.1, 0.15) is 17.9 Å². The third-order valence-corrected chi connectivity index (χ3v) is 6.06. The first-order valence-corrected chi connectivity index (χ1v) is 11.2. The van der Waals surface area contributed by atoms with E-state index in [4.69, 9.17) is 4.74 Å². The quantitative estimate of drug-likeness (QED) is 0.682. The Kier molecular flexibility index (Phi) is 7.21. The molecule has 2 heterocycles. The second kappa shape index (κ2) is 9.71. The normalized spacial score (nSPS) is 17.7. The number of carbonyl (C=O) groups is 4. The molecule has 0 aliphatic carbocycles. The Labute approximate surface area is 189 Å². The fraction of sp³-hybridized carbons (Fsp3) is 0.583. The predicted molar refractivity (Wildman–Crippen MR) is 119 cm³/mol. The van der Waals surface area contributed by atoms with Crippen molar-refractivity contribution in [1.82, 2.24) is 15.1 Å². The SMILES string of the molecule is CNC(=O)C(CCC=O)N1Cc2cc(C3CCN(C(=O)OC(C)(C)C)CC3)ccc2C1=O. The molecular weight excluding hydrogens is 410 g/mol. The topological polar surface area (TPSA) is 96.0 Å². The van der Waals surface area contributed by atoms with Crippen LogP contribution in [0.4, 0.5) is 4.79 Å². The summed E-state index contributed by atoms with van der Waals surface area (Å²) in [6.07, 6.45) is 2.68. The van der Waals surface area contributed by atoms with Gasteiger partial charge in [0.25, 0.3) is 5.91 Å². The van der Waals surface area contributed by atoms with Crippen molar-refractivity contribution in [3.05, 3.63) is 34.9 Å². The lowest BCUT2D eigenvalue weighted by molar-refractivity contribution is -0.125. The molecule has 1 aromatic rings. The predicted octanol–water partition coefficient (Wildman–Crippen LogP) is 2.85. The Bertz CT molecular complexity index is 884. The summed E-state index contributed by atoms with van der Waals surface area (Å²) in [6, 6.07) is 5.22. The minimum absolute atomic E-state index is 0.175. The van der Waals surface area contributed by atoms with Crippen molar-refractivity contribution in [3.63, 3.8) is 0 Å². The first kappa shape index (κ1) is 23.8. The van der Waals surface area contributed by atoms with E-state index < -0.39 is 11.6 Å². The standard InChI is InChI=1S/C24H33N3O5/c1-24(2,3)32-23(31)26-11-9-16(10-12-26)17-7-8-19-18(14-17)15-27(22(19)30)20(6-5-13-28)21(29)25-4/h7-8,13-14,16,20H,5-6,9-12,15H2,1-4H3,(H,25,29). The maximum absolute atomic E-state index is 12.9. The fourth-order valence-corrected chi connectivity index (χ4v) is 4.41. The van der Waals surface area contributed by atoms with E-state index in [0.29, 0.717) is 37.5 Å². The van der Waals surface area contributed by atoms with Gasteiger partial charge in [0.15, 0.2) is 0 Å². The molecule has 2 aliphatic rings. The van der Waals surface area contributed by atoms with Crippen molar-refractivity contribution in [2.45, 2.75) is 70.6 Å². The van der Waals surface area contributed by atoms with Crippen molar-refractivity contribution < 1.29 is 23.9 Å².